The topological polar surface area (TPSA) is 66.1 Å². The summed E-state index contributed by atoms with van der Waals surface area (Å²) in [6.45, 7) is 2.70. The summed E-state index contributed by atoms with van der Waals surface area (Å²) in [4.78, 5) is 24.7. The van der Waals surface area contributed by atoms with E-state index in [0.717, 1.165) is 12.1 Å². The average Bonchev–Trinajstić information content (AvgIpc) is 2.63. The molecular weight excluding hydrogens is 194 g/mol. The van der Waals surface area contributed by atoms with E-state index in [1.165, 1.54) is 6.20 Å². The molecule has 0 bridgehead atoms. The van der Waals surface area contributed by atoms with Crippen molar-refractivity contribution in [3.63, 3.8) is 0 Å². The van der Waals surface area contributed by atoms with Crippen molar-refractivity contribution >= 4 is 11.7 Å². The molecule has 5 heteroatoms. The molecule has 0 spiro atoms. The number of nitrogens with zero attached hydrogens (tertiary/aromatic N) is 2. The largest absolute Gasteiger partial charge is 0.331 e. The lowest BCUT2D eigenvalue weighted by molar-refractivity contribution is -0.121. The Balaban J connectivity index is 2.14. The molecule has 1 saturated heterocycles. The summed E-state index contributed by atoms with van der Waals surface area (Å²) in [7, 11) is 0. The molecular formula is C10H13N3O2. The molecule has 0 atom stereocenters. The van der Waals surface area contributed by atoms with Crippen LogP contribution in [-0.4, -0.2) is 39.9 Å². The van der Waals surface area contributed by atoms with Crippen molar-refractivity contribution in [1.29, 1.82) is 0 Å². The maximum Gasteiger partial charge on any atom is 0.257 e. The molecule has 2 heterocycles. The van der Waals surface area contributed by atoms with Gasteiger partial charge in [0, 0.05) is 18.7 Å². The van der Waals surface area contributed by atoms with E-state index in [-0.39, 0.29) is 18.2 Å². The first kappa shape index (κ1) is 9.89. The van der Waals surface area contributed by atoms with Gasteiger partial charge in [0.15, 0.2) is 5.78 Å². The van der Waals surface area contributed by atoms with Crippen molar-refractivity contribution in [2.24, 2.45) is 0 Å². The number of hydrogen-bond donors (Lipinski definition) is 1. The van der Waals surface area contributed by atoms with Crippen LogP contribution in [0, 0.1) is 6.92 Å². The fourth-order valence-corrected chi connectivity index (χ4v) is 1.75. The van der Waals surface area contributed by atoms with Crippen molar-refractivity contribution in [2.75, 3.05) is 13.1 Å². The predicted molar refractivity (Wildman–Crippen MR) is 53.5 cm³/mol. The van der Waals surface area contributed by atoms with Gasteiger partial charge in [0.2, 0.25) is 0 Å². The summed E-state index contributed by atoms with van der Waals surface area (Å²) >= 11 is 0. The zero-order chi connectivity index (χ0) is 10.8. The molecule has 0 saturated carbocycles. The van der Waals surface area contributed by atoms with Gasteiger partial charge in [-0.2, -0.15) is 5.10 Å². The third-order valence-electron chi connectivity index (χ3n) is 2.60. The van der Waals surface area contributed by atoms with Crippen molar-refractivity contribution in [3.05, 3.63) is 17.5 Å². The number of H-pyrrole nitrogens is 1. The average molecular weight is 207 g/mol. The lowest BCUT2D eigenvalue weighted by Gasteiger charge is -2.25. The van der Waals surface area contributed by atoms with Gasteiger partial charge < -0.3 is 4.90 Å². The molecule has 1 aliphatic rings. The van der Waals surface area contributed by atoms with Gasteiger partial charge in [0.05, 0.1) is 18.3 Å². The number of aromatic amines is 1. The number of aryl methyl sites for hydroxylation is 1. The standard InChI is InChI=1S/C10H13N3O2/c1-7-9(5-11-12-7)10(15)13-4-2-3-8(14)6-13/h5H,2-4,6H2,1H3,(H,11,12). The highest BCUT2D eigenvalue weighted by atomic mass is 16.2. The zero-order valence-electron chi connectivity index (χ0n) is 8.62. The number of ketones is 1. The van der Waals surface area contributed by atoms with Gasteiger partial charge in [0.1, 0.15) is 0 Å². The summed E-state index contributed by atoms with van der Waals surface area (Å²) in [5.74, 6) is 0.0325. The molecule has 1 aromatic rings. The van der Waals surface area contributed by atoms with Gasteiger partial charge in [-0.3, -0.25) is 14.7 Å². The lowest BCUT2D eigenvalue weighted by Crippen LogP contribution is -2.40. The van der Waals surface area contributed by atoms with Crippen molar-refractivity contribution in [2.45, 2.75) is 19.8 Å². The number of carbonyl (C=O) groups is 2. The van der Waals surface area contributed by atoms with Crippen LogP contribution >= 0.6 is 0 Å². The minimum Gasteiger partial charge on any atom is -0.331 e. The van der Waals surface area contributed by atoms with E-state index in [4.69, 9.17) is 0 Å². The smallest absolute Gasteiger partial charge is 0.257 e. The Labute approximate surface area is 87.5 Å². The first-order chi connectivity index (χ1) is 7.18. The second-order valence-corrected chi connectivity index (χ2v) is 3.78. The quantitative estimate of drug-likeness (QED) is 0.730. The van der Waals surface area contributed by atoms with E-state index in [1.54, 1.807) is 11.8 Å². The van der Waals surface area contributed by atoms with Crippen LogP contribution in [0.1, 0.15) is 28.9 Å². The van der Waals surface area contributed by atoms with Gasteiger partial charge >= 0.3 is 0 Å². The second kappa shape index (κ2) is 3.84. The lowest BCUT2D eigenvalue weighted by atomic mass is 10.1. The van der Waals surface area contributed by atoms with Crippen LogP contribution in [0.3, 0.4) is 0 Å². The minimum absolute atomic E-state index is 0.102. The Morgan fingerprint density at radius 3 is 3.00 bits per heavy atom. The van der Waals surface area contributed by atoms with E-state index in [2.05, 4.69) is 10.2 Å². The number of piperidine rings is 1. The van der Waals surface area contributed by atoms with Gasteiger partial charge in [-0.05, 0) is 13.3 Å². The molecule has 0 radical (unpaired) electrons. The Bertz CT molecular complexity index is 397. The Kier molecular flexibility index (Phi) is 2.53. The highest BCUT2D eigenvalue weighted by Gasteiger charge is 2.24. The Morgan fingerprint density at radius 2 is 2.40 bits per heavy atom. The molecule has 2 rings (SSSR count). The second-order valence-electron chi connectivity index (χ2n) is 3.78. The minimum atomic E-state index is -0.102. The molecule has 0 aromatic carbocycles. The van der Waals surface area contributed by atoms with Crippen LogP contribution in [0.5, 0.6) is 0 Å². The zero-order valence-corrected chi connectivity index (χ0v) is 8.62. The fraction of sp³-hybridized carbons (Fsp3) is 0.500. The molecule has 0 unspecified atom stereocenters. The number of likely N-dealkylation sites (tertiary alicyclic amines) is 1. The van der Waals surface area contributed by atoms with Crippen molar-refractivity contribution < 1.29 is 9.59 Å². The number of carbonyl (C=O) groups excluding carboxylic acids is 2. The number of rotatable bonds is 1. The van der Waals surface area contributed by atoms with E-state index >= 15 is 0 Å². The van der Waals surface area contributed by atoms with Gasteiger partial charge in [-0.15, -0.1) is 0 Å². The maximum absolute atomic E-state index is 11.9. The summed E-state index contributed by atoms with van der Waals surface area (Å²) in [5.41, 5.74) is 1.31. The predicted octanol–water partition coefficient (Wildman–Crippen LogP) is 0.523. The Morgan fingerprint density at radius 1 is 1.60 bits per heavy atom. The van der Waals surface area contributed by atoms with Gasteiger partial charge in [-0.1, -0.05) is 0 Å². The van der Waals surface area contributed by atoms with Crippen molar-refractivity contribution in [1.82, 2.24) is 15.1 Å². The number of amides is 1. The SMILES string of the molecule is Cc1[nH]ncc1C(=O)N1CCCC(=O)C1. The van der Waals surface area contributed by atoms with Crippen LogP contribution in [0.15, 0.2) is 6.20 Å². The van der Waals surface area contributed by atoms with Gasteiger partial charge in [-0.25, -0.2) is 0 Å². The van der Waals surface area contributed by atoms with E-state index in [1.807, 2.05) is 0 Å². The van der Waals surface area contributed by atoms with Crippen LogP contribution in [0.2, 0.25) is 0 Å². The number of nitrogens with one attached hydrogen (secondary N) is 1. The molecule has 0 aliphatic carbocycles. The highest BCUT2D eigenvalue weighted by molar-refractivity contribution is 5.97. The van der Waals surface area contributed by atoms with Crippen LogP contribution in [-0.2, 0) is 4.79 Å². The molecule has 5 nitrogen and oxygen atoms in total. The third kappa shape index (κ3) is 1.91. The van der Waals surface area contributed by atoms with Crippen LogP contribution < -0.4 is 0 Å². The van der Waals surface area contributed by atoms with E-state index < -0.39 is 0 Å². The van der Waals surface area contributed by atoms with Crippen molar-refractivity contribution in [3.8, 4) is 0 Å². The molecule has 1 N–H and O–H groups in total. The molecule has 15 heavy (non-hydrogen) atoms. The molecule has 1 amide bonds. The number of aromatic nitrogens is 2. The highest BCUT2D eigenvalue weighted by Crippen LogP contribution is 2.12. The summed E-state index contributed by atoms with van der Waals surface area (Å²) < 4.78 is 0. The molecule has 80 valence electrons. The number of Topliss-reactive ketones (excluding diaryl/α,β-unsaturated/α-hetero) is 1. The first-order valence-corrected chi connectivity index (χ1v) is 4.99. The Hall–Kier alpha value is -1.65. The van der Waals surface area contributed by atoms with Crippen LogP contribution in [0.25, 0.3) is 0 Å². The monoisotopic (exact) mass is 207 g/mol. The van der Waals surface area contributed by atoms with Gasteiger partial charge in [0.25, 0.3) is 5.91 Å². The third-order valence-corrected chi connectivity index (χ3v) is 2.60. The summed E-state index contributed by atoms with van der Waals surface area (Å²) in [6, 6.07) is 0. The summed E-state index contributed by atoms with van der Waals surface area (Å²) in [6.07, 6.45) is 2.87. The number of hydrogen-bond acceptors (Lipinski definition) is 3. The normalized spacial score (nSPS) is 16.9. The molecule has 1 aromatic heterocycles. The first-order valence-electron chi connectivity index (χ1n) is 4.99. The van der Waals surface area contributed by atoms with Crippen LogP contribution in [0.4, 0.5) is 0 Å². The summed E-state index contributed by atoms with van der Waals surface area (Å²) in [5, 5.41) is 6.52. The molecule has 1 fully saturated rings. The maximum atomic E-state index is 11.9. The fourth-order valence-electron chi connectivity index (χ4n) is 1.75. The van der Waals surface area contributed by atoms with E-state index in [0.29, 0.717) is 18.5 Å². The molecule has 1 aliphatic heterocycles. The van der Waals surface area contributed by atoms with E-state index in [9.17, 15) is 9.59 Å².